The smallest absolute Gasteiger partial charge is 0.227 e. The third kappa shape index (κ3) is 4.72. The van der Waals surface area contributed by atoms with Gasteiger partial charge in [-0.1, -0.05) is 0 Å². The second-order valence-corrected chi connectivity index (χ2v) is 8.09. The number of ether oxygens (including phenoxy) is 2. The lowest BCUT2D eigenvalue weighted by atomic mass is 10.1. The molecular weight excluding hydrogens is 425 g/mol. The van der Waals surface area contributed by atoms with Gasteiger partial charge in [0, 0.05) is 29.8 Å². The number of nitrogens with zero attached hydrogens (tertiary/aromatic N) is 4. The van der Waals surface area contributed by atoms with Crippen molar-refractivity contribution in [2.75, 3.05) is 18.5 Å². The van der Waals surface area contributed by atoms with E-state index in [1.165, 1.54) is 12.1 Å². The molecule has 4 N–H and O–H groups in total. The third-order valence-corrected chi connectivity index (χ3v) is 5.04. The van der Waals surface area contributed by atoms with E-state index in [4.69, 9.17) is 20.2 Å². The van der Waals surface area contributed by atoms with E-state index in [9.17, 15) is 4.39 Å². The zero-order valence-corrected chi connectivity index (χ0v) is 17.8. The molecule has 4 aromatic rings. The number of hydrogen-bond donors (Lipinski definition) is 3. The molecule has 0 spiro atoms. The van der Waals surface area contributed by atoms with Crippen molar-refractivity contribution in [3.8, 4) is 22.6 Å². The second kappa shape index (κ2) is 8.66. The Kier molecular flexibility index (Phi) is 5.55. The zero-order valence-electron chi connectivity index (χ0n) is 17.8. The molecule has 9 nitrogen and oxygen atoms in total. The standard InChI is InChI=1S/C23H22FN7O2/c1-23(25)12-32-21(33-13-23)20-30-18(14-2-4-15(24)5-3-14)19(31-20)17-8-11-27-22(29-17)28-16-6-9-26-10-7-16/h2-11,21H,12-13,25H2,1H3,(H,30,31)(H,26,27,28,29). The number of nitrogens with two attached hydrogens (primary N) is 1. The maximum atomic E-state index is 13.5. The summed E-state index contributed by atoms with van der Waals surface area (Å²) in [5.41, 5.74) is 8.86. The number of aromatic amines is 1. The first-order valence-corrected chi connectivity index (χ1v) is 10.4. The molecule has 168 valence electrons. The van der Waals surface area contributed by atoms with Gasteiger partial charge in [-0.05, 0) is 49.4 Å². The Hall–Kier alpha value is -3.73. The third-order valence-electron chi connectivity index (χ3n) is 5.04. The summed E-state index contributed by atoms with van der Waals surface area (Å²) in [5, 5.41) is 3.15. The summed E-state index contributed by atoms with van der Waals surface area (Å²) >= 11 is 0. The highest BCUT2D eigenvalue weighted by Gasteiger charge is 2.32. The van der Waals surface area contributed by atoms with E-state index in [2.05, 4.69) is 25.3 Å². The molecule has 1 aliphatic heterocycles. The van der Waals surface area contributed by atoms with Crippen LogP contribution in [0.2, 0.25) is 0 Å². The lowest BCUT2D eigenvalue weighted by molar-refractivity contribution is -0.211. The van der Waals surface area contributed by atoms with Crippen molar-refractivity contribution >= 4 is 11.6 Å². The van der Waals surface area contributed by atoms with Crippen LogP contribution in [0.5, 0.6) is 0 Å². The van der Waals surface area contributed by atoms with Gasteiger partial charge in [-0.3, -0.25) is 4.98 Å². The summed E-state index contributed by atoms with van der Waals surface area (Å²) in [4.78, 5) is 20.9. The molecule has 1 aromatic carbocycles. The number of imidazole rings is 1. The van der Waals surface area contributed by atoms with Crippen molar-refractivity contribution in [2.24, 2.45) is 5.73 Å². The molecule has 1 saturated heterocycles. The van der Waals surface area contributed by atoms with Gasteiger partial charge in [0.05, 0.1) is 35.8 Å². The highest BCUT2D eigenvalue weighted by Crippen LogP contribution is 2.33. The first-order chi connectivity index (χ1) is 16.0. The summed E-state index contributed by atoms with van der Waals surface area (Å²) in [6.07, 6.45) is 4.30. The van der Waals surface area contributed by atoms with E-state index < -0.39 is 11.8 Å². The van der Waals surface area contributed by atoms with Gasteiger partial charge in [-0.25, -0.2) is 19.3 Å². The molecule has 0 amide bonds. The predicted molar refractivity (Wildman–Crippen MR) is 120 cm³/mol. The van der Waals surface area contributed by atoms with Crippen molar-refractivity contribution in [3.63, 3.8) is 0 Å². The number of anilines is 2. The minimum atomic E-state index is -0.703. The van der Waals surface area contributed by atoms with E-state index in [1.807, 2.05) is 19.1 Å². The SMILES string of the molecule is CC1(N)COC(c2nc(-c3ccc(F)cc3)c(-c3ccnc(Nc4ccncc4)n3)[nH]2)OC1. The molecule has 0 saturated carbocycles. The van der Waals surface area contributed by atoms with Crippen LogP contribution < -0.4 is 11.1 Å². The summed E-state index contributed by atoms with van der Waals surface area (Å²) in [6, 6.07) is 11.5. The first kappa shape index (κ1) is 21.1. The van der Waals surface area contributed by atoms with Gasteiger partial charge >= 0.3 is 0 Å². The minimum absolute atomic E-state index is 0.326. The zero-order chi connectivity index (χ0) is 22.8. The van der Waals surface area contributed by atoms with E-state index >= 15 is 0 Å². The number of H-pyrrole nitrogens is 1. The number of hydrogen-bond acceptors (Lipinski definition) is 8. The van der Waals surface area contributed by atoms with Crippen molar-refractivity contribution in [3.05, 3.63) is 72.7 Å². The lowest BCUT2D eigenvalue weighted by Crippen LogP contribution is -2.50. The fourth-order valence-electron chi connectivity index (χ4n) is 3.41. The molecular formula is C23H22FN7O2. The first-order valence-electron chi connectivity index (χ1n) is 10.4. The Balaban J connectivity index is 1.52. The maximum absolute atomic E-state index is 13.5. The van der Waals surface area contributed by atoms with Crippen LogP contribution >= 0.6 is 0 Å². The van der Waals surface area contributed by atoms with Gasteiger partial charge in [0.1, 0.15) is 5.82 Å². The van der Waals surface area contributed by atoms with Crippen LogP contribution in [0.1, 0.15) is 19.0 Å². The normalized spacial score (nSPS) is 20.5. The van der Waals surface area contributed by atoms with Crippen LogP contribution in [0.4, 0.5) is 16.0 Å². The summed E-state index contributed by atoms with van der Waals surface area (Å²) in [7, 11) is 0. The van der Waals surface area contributed by atoms with Crippen molar-refractivity contribution in [2.45, 2.75) is 18.8 Å². The van der Waals surface area contributed by atoms with E-state index in [-0.39, 0.29) is 5.82 Å². The molecule has 0 radical (unpaired) electrons. The number of pyridine rings is 1. The van der Waals surface area contributed by atoms with E-state index in [0.717, 1.165) is 11.3 Å². The summed E-state index contributed by atoms with van der Waals surface area (Å²) < 4.78 is 25.1. The van der Waals surface area contributed by atoms with Crippen molar-refractivity contribution in [1.29, 1.82) is 0 Å². The van der Waals surface area contributed by atoms with Crippen LogP contribution in [0.3, 0.4) is 0 Å². The molecule has 0 bridgehead atoms. The summed E-state index contributed by atoms with van der Waals surface area (Å²) in [5.74, 6) is 0.550. The number of rotatable bonds is 5. The van der Waals surface area contributed by atoms with Gasteiger partial charge in [0.15, 0.2) is 5.82 Å². The number of halogens is 1. The lowest BCUT2D eigenvalue weighted by Gasteiger charge is -2.33. The topological polar surface area (TPSA) is 124 Å². The fourth-order valence-corrected chi connectivity index (χ4v) is 3.41. The molecule has 0 atom stereocenters. The number of benzene rings is 1. The molecule has 0 unspecified atom stereocenters. The van der Waals surface area contributed by atoms with Crippen LogP contribution in [0, 0.1) is 5.82 Å². The van der Waals surface area contributed by atoms with Crippen molar-refractivity contribution < 1.29 is 13.9 Å². The molecule has 3 aromatic heterocycles. The molecule has 10 heteroatoms. The monoisotopic (exact) mass is 447 g/mol. The van der Waals surface area contributed by atoms with Crippen LogP contribution in [-0.2, 0) is 9.47 Å². The highest BCUT2D eigenvalue weighted by atomic mass is 19.1. The number of nitrogens with one attached hydrogen (secondary N) is 2. The fraction of sp³-hybridized carbons (Fsp3) is 0.217. The Labute approximate surface area is 189 Å². The van der Waals surface area contributed by atoms with Gasteiger partial charge in [-0.2, -0.15) is 0 Å². The van der Waals surface area contributed by atoms with Gasteiger partial charge in [-0.15, -0.1) is 0 Å². The average Bonchev–Trinajstić information content (AvgIpc) is 3.26. The highest BCUT2D eigenvalue weighted by molar-refractivity contribution is 5.77. The molecule has 5 rings (SSSR count). The Bertz CT molecular complexity index is 1240. The minimum Gasteiger partial charge on any atom is -0.344 e. The van der Waals surface area contributed by atoms with Crippen LogP contribution in [-0.4, -0.2) is 43.7 Å². The Morgan fingerprint density at radius 1 is 1.03 bits per heavy atom. The van der Waals surface area contributed by atoms with E-state index in [1.54, 1.807) is 36.8 Å². The maximum Gasteiger partial charge on any atom is 0.227 e. The van der Waals surface area contributed by atoms with Gasteiger partial charge in [0.25, 0.3) is 0 Å². The van der Waals surface area contributed by atoms with Crippen LogP contribution in [0.25, 0.3) is 22.6 Å². The van der Waals surface area contributed by atoms with Crippen LogP contribution in [0.15, 0.2) is 61.1 Å². The Morgan fingerprint density at radius 3 is 2.48 bits per heavy atom. The summed E-state index contributed by atoms with van der Waals surface area (Å²) in [6.45, 7) is 2.51. The molecule has 1 aliphatic rings. The quantitative estimate of drug-likeness (QED) is 0.424. The molecule has 0 aliphatic carbocycles. The van der Waals surface area contributed by atoms with E-state index in [0.29, 0.717) is 42.1 Å². The predicted octanol–water partition coefficient (Wildman–Crippen LogP) is 3.57. The molecule has 1 fully saturated rings. The Morgan fingerprint density at radius 2 is 1.76 bits per heavy atom. The average molecular weight is 447 g/mol. The number of aromatic nitrogens is 5. The van der Waals surface area contributed by atoms with Gasteiger partial charge in [0.2, 0.25) is 12.2 Å². The largest absolute Gasteiger partial charge is 0.344 e. The second-order valence-electron chi connectivity index (χ2n) is 8.09. The molecule has 33 heavy (non-hydrogen) atoms. The van der Waals surface area contributed by atoms with Crippen molar-refractivity contribution in [1.82, 2.24) is 24.9 Å². The molecule has 4 heterocycles. The van der Waals surface area contributed by atoms with Gasteiger partial charge < -0.3 is 25.5 Å².